The number of rotatable bonds is 2. The summed E-state index contributed by atoms with van der Waals surface area (Å²) in [5.41, 5.74) is 0. The first-order chi connectivity index (χ1) is 7.25. The molecule has 0 aliphatic rings. The Balaban J connectivity index is 0.00000128. The SMILES string of the molecule is Oc1ccc([I+]c2ccccc2)cc1O.[Br-]. The molecule has 84 valence electrons. The van der Waals surface area contributed by atoms with Gasteiger partial charge in [0.1, 0.15) is 0 Å². The van der Waals surface area contributed by atoms with Crippen LogP contribution in [0.3, 0.4) is 0 Å². The van der Waals surface area contributed by atoms with Crippen molar-refractivity contribution in [1.82, 2.24) is 0 Å². The number of hydrogen-bond acceptors (Lipinski definition) is 2. The highest BCUT2D eigenvalue weighted by atomic mass is 127. The van der Waals surface area contributed by atoms with E-state index >= 15 is 0 Å². The molecule has 0 atom stereocenters. The number of benzene rings is 2. The van der Waals surface area contributed by atoms with Crippen LogP contribution in [0.2, 0.25) is 0 Å². The van der Waals surface area contributed by atoms with E-state index in [1.165, 1.54) is 9.64 Å². The van der Waals surface area contributed by atoms with E-state index in [1.54, 1.807) is 6.07 Å². The predicted octanol–water partition coefficient (Wildman–Crippen LogP) is -3.77. The first kappa shape index (κ1) is 13.3. The molecule has 2 aromatic carbocycles. The standard InChI is InChI=1S/C12H9IO2.BrH/c14-11-7-6-10(8-12(11)15)13-9-4-2-1-3-5-9;/h1-8H,(H-,14,15);1H. The Bertz CT molecular complexity index is 460. The van der Waals surface area contributed by atoms with Gasteiger partial charge in [-0.25, -0.2) is 0 Å². The topological polar surface area (TPSA) is 40.5 Å². The summed E-state index contributed by atoms with van der Waals surface area (Å²) in [5.74, 6) is -0.0982. The van der Waals surface area contributed by atoms with Gasteiger partial charge in [0.2, 0.25) is 0 Å². The lowest BCUT2D eigenvalue weighted by molar-refractivity contribution is -0.597. The van der Waals surface area contributed by atoms with Crippen molar-refractivity contribution in [3.63, 3.8) is 0 Å². The minimum Gasteiger partial charge on any atom is -1.00 e. The van der Waals surface area contributed by atoms with Gasteiger partial charge in [0, 0.05) is 6.07 Å². The van der Waals surface area contributed by atoms with Crippen molar-refractivity contribution in [2.75, 3.05) is 0 Å². The van der Waals surface area contributed by atoms with Crippen molar-refractivity contribution in [3.05, 3.63) is 55.7 Å². The normalized spacial score (nSPS) is 9.50. The molecule has 2 rings (SSSR count). The van der Waals surface area contributed by atoms with E-state index in [0.29, 0.717) is 0 Å². The van der Waals surface area contributed by atoms with Gasteiger partial charge in [-0.3, -0.25) is 0 Å². The molecule has 0 unspecified atom stereocenters. The Morgan fingerprint density at radius 2 is 1.44 bits per heavy atom. The molecule has 0 bridgehead atoms. The minimum atomic E-state index is -0.272. The first-order valence-corrected chi connectivity index (χ1v) is 6.63. The molecule has 2 nitrogen and oxygen atoms in total. The number of aromatic hydroxyl groups is 2. The third-order valence-electron chi connectivity index (χ3n) is 1.89. The van der Waals surface area contributed by atoms with Crippen LogP contribution in [-0.4, -0.2) is 10.2 Å². The molecule has 0 heterocycles. The Morgan fingerprint density at radius 3 is 2.06 bits per heavy atom. The smallest absolute Gasteiger partial charge is 0.358 e. The van der Waals surface area contributed by atoms with E-state index in [-0.39, 0.29) is 49.7 Å². The number of hydrogen-bond donors (Lipinski definition) is 2. The largest absolute Gasteiger partial charge is 1.00 e. The molecule has 0 amide bonds. The van der Waals surface area contributed by atoms with E-state index in [9.17, 15) is 10.2 Å². The molecule has 0 saturated heterocycles. The zero-order valence-corrected chi connectivity index (χ0v) is 12.0. The van der Waals surface area contributed by atoms with Crippen LogP contribution in [0.1, 0.15) is 0 Å². The highest BCUT2D eigenvalue weighted by molar-refractivity contribution is 5.36. The van der Waals surface area contributed by atoms with Crippen molar-refractivity contribution in [2.45, 2.75) is 0 Å². The van der Waals surface area contributed by atoms with Gasteiger partial charge in [0.15, 0.2) is 18.6 Å². The predicted molar refractivity (Wildman–Crippen MR) is 53.6 cm³/mol. The summed E-state index contributed by atoms with van der Waals surface area (Å²) in [7, 11) is 0. The molecule has 0 aliphatic heterocycles. The van der Waals surface area contributed by atoms with Crippen LogP contribution in [0.25, 0.3) is 0 Å². The van der Waals surface area contributed by atoms with Crippen LogP contribution in [-0.2, 0) is 0 Å². The second-order valence-electron chi connectivity index (χ2n) is 3.02. The summed E-state index contributed by atoms with van der Waals surface area (Å²) >= 11 is -0.272. The lowest BCUT2D eigenvalue weighted by Gasteiger charge is -1.93. The Labute approximate surface area is 115 Å². The fraction of sp³-hybridized carbons (Fsp3) is 0. The number of halogens is 2. The van der Waals surface area contributed by atoms with Crippen molar-refractivity contribution in [1.29, 1.82) is 0 Å². The Hall–Kier alpha value is -0.750. The summed E-state index contributed by atoms with van der Waals surface area (Å²) < 4.78 is 2.39. The molecule has 2 N–H and O–H groups in total. The lowest BCUT2D eigenvalue weighted by Crippen LogP contribution is -3.61. The average Bonchev–Trinajstić information content (AvgIpc) is 2.25. The first-order valence-electron chi connectivity index (χ1n) is 4.47. The van der Waals surface area contributed by atoms with Crippen LogP contribution in [0.15, 0.2) is 48.5 Å². The van der Waals surface area contributed by atoms with E-state index in [0.717, 1.165) is 3.57 Å². The molecule has 4 heteroatoms. The molecule has 2 aromatic rings. The van der Waals surface area contributed by atoms with E-state index in [1.807, 2.05) is 24.3 Å². The van der Waals surface area contributed by atoms with E-state index in [2.05, 4.69) is 12.1 Å². The highest BCUT2D eigenvalue weighted by Crippen LogP contribution is 2.21. The Morgan fingerprint density at radius 1 is 0.750 bits per heavy atom. The van der Waals surface area contributed by atoms with Crippen LogP contribution < -0.4 is 38.2 Å². The van der Waals surface area contributed by atoms with E-state index in [4.69, 9.17) is 0 Å². The monoisotopic (exact) mass is 392 g/mol. The van der Waals surface area contributed by atoms with Gasteiger partial charge >= 0.3 is 21.2 Å². The summed E-state index contributed by atoms with van der Waals surface area (Å²) in [6.45, 7) is 0. The summed E-state index contributed by atoms with van der Waals surface area (Å²) in [6, 6.07) is 15.2. The minimum absolute atomic E-state index is 0. The van der Waals surface area contributed by atoms with Gasteiger partial charge in [-0.2, -0.15) is 0 Å². The van der Waals surface area contributed by atoms with Crippen molar-refractivity contribution in [2.24, 2.45) is 0 Å². The van der Waals surface area contributed by atoms with Crippen LogP contribution in [0.4, 0.5) is 0 Å². The number of phenols is 2. The van der Waals surface area contributed by atoms with Gasteiger partial charge in [0.25, 0.3) is 0 Å². The molecule has 0 aliphatic carbocycles. The molecule has 0 spiro atoms. The zero-order valence-electron chi connectivity index (χ0n) is 8.27. The molecule has 0 saturated carbocycles. The van der Waals surface area contributed by atoms with Crippen LogP contribution in [0, 0.1) is 7.14 Å². The van der Waals surface area contributed by atoms with E-state index < -0.39 is 0 Å². The molecule has 0 radical (unpaired) electrons. The lowest BCUT2D eigenvalue weighted by atomic mass is 10.3. The highest BCUT2D eigenvalue weighted by Gasteiger charge is 2.16. The maximum absolute atomic E-state index is 9.35. The fourth-order valence-corrected chi connectivity index (χ4v) is 3.46. The molecule has 0 fully saturated rings. The fourth-order valence-electron chi connectivity index (χ4n) is 1.16. The summed E-state index contributed by atoms with van der Waals surface area (Å²) in [6.07, 6.45) is 0. The van der Waals surface area contributed by atoms with Gasteiger partial charge in [-0.05, 0) is 24.3 Å². The van der Waals surface area contributed by atoms with Gasteiger partial charge in [-0.15, -0.1) is 0 Å². The van der Waals surface area contributed by atoms with Gasteiger partial charge in [-0.1, -0.05) is 18.2 Å². The van der Waals surface area contributed by atoms with Gasteiger partial charge < -0.3 is 27.2 Å². The van der Waals surface area contributed by atoms with Crippen LogP contribution in [0.5, 0.6) is 11.5 Å². The Kier molecular flexibility index (Phi) is 5.08. The van der Waals surface area contributed by atoms with Gasteiger partial charge in [0.05, 0.1) is 0 Å². The molecule has 0 aromatic heterocycles. The quantitative estimate of drug-likeness (QED) is 0.407. The third-order valence-corrected chi connectivity index (χ3v) is 4.52. The maximum atomic E-state index is 9.35. The molecule has 16 heavy (non-hydrogen) atoms. The molecular weight excluding hydrogens is 383 g/mol. The van der Waals surface area contributed by atoms with Crippen molar-refractivity contribution >= 4 is 0 Å². The summed E-state index contributed by atoms with van der Waals surface area (Å²) in [4.78, 5) is 0. The summed E-state index contributed by atoms with van der Waals surface area (Å²) in [5, 5.41) is 18.5. The number of phenolic OH excluding ortho intramolecular Hbond substituents is 2. The second kappa shape index (κ2) is 6.10. The second-order valence-corrected chi connectivity index (χ2v) is 6.05. The van der Waals surface area contributed by atoms with Crippen LogP contribution >= 0.6 is 0 Å². The maximum Gasteiger partial charge on any atom is 0.358 e. The third kappa shape index (κ3) is 3.38. The zero-order chi connectivity index (χ0) is 10.7. The van der Waals surface area contributed by atoms with Crippen molar-refractivity contribution in [3.8, 4) is 11.5 Å². The molecular formula is C12H10BrIO2. The average molecular weight is 393 g/mol. The van der Waals surface area contributed by atoms with Crippen molar-refractivity contribution < 1.29 is 48.4 Å².